The van der Waals surface area contributed by atoms with Crippen LogP contribution in [0.1, 0.15) is 33.7 Å². The van der Waals surface area contributed by atoms with Gasteiger partial charge in [-0.25, -0.2) is 9.97 Å². The van der Waals surface area contributed by atoms with Crippen LogP contribution in [-0.4, -0.2) is 30.3 Å². The highest BCUT2D eigenvalue weighted by Gasteiger charge is 2.26. The second-order valence-electron chi connectivity index (χ2n) is 13.0. The van der Waals surface area contributed by atoms with Crippen LogP contribution < -0.4 is 11.1 Å². The predicted molar refractivity (Wildman–Crippen MR) is 218 cm³/mol. The van der Waals surface area contributed by atoms with Gasteiger partial charge in [0.15, 0.2) is 11.6 Å². The third-order valence-corrected chi connectivity index (χ3v) is 13.0. The highest BCUT2D eigenvalue weighted by Crippen LogP contribution is 2.42. The molecule has 0 amide bonds. The molecule has 7 heterocycles. The Balaban J connectivity index is 0.989. The van der Waals surface area contributed by atoms with E-state index in [-0.39, 0.29) is 22.7 Å². The lowest BCUT2D eigenvalue weighted by molar-refractivity contribution is -0.115. The molecule has 0 unspecified atom stereocenters. The quantitative estimate of drug-likeness (QED) is 0.102. The lowest BCUT2D eigenvalue weighted by atomic mass is 10.0. The number of thiophene rings is 3. The lowest BCUT2D eigenvalue weighted by Gasteiger charge is -2.05. The largest absolute Gasteiger partial charge is 0.295 e. The molecular formula is C42H26N4O4S3. The Morgan fingerprint density at radius 1 is 0.585 bits per heavy atom. The zero-order valence-corrected chi connectivity index (χ0v) is 30.3. The van der Waals surface area contributed by atoms with E-state index < -0.39 is 0 Å². The van der Waals surface area contributed by atoms with Gasteiger partial charge in [-0.1, -0.05) is 72.8 Å². The molecule has 0 saturated heterocycles. The molecule has 8 nitrogen and oxygen atoms in total. The maximum absolute atomic E-state index is 14.2. The SMILES string of the molecule is O=C(/C=C/c1ccccc1)CCc1cc2c(nc3c4ccc5c6c(sc(c(=O)n23)c46)c(=O)n2c3cc(CCC(=O)/C=C/c4ccccc4)sc3nc52)s1. The summed E-state index contributed by atoms with van der Waals surface area (Å²) >= 11 is 4.22. The van der Waals surface area contributed by atoms with Gasteiger partial charge in [0, 0.05) is 44.1 Å². The summed E-state index contributed by atoms with van der Waals surface area (Å²) in [5.41, 5.74) is 4.09. The van der Waals surface area contributed by atoms with Crippen molar-refractivity contribution >= 4 is 121 Å². The summed E-state index contributed by atoms with van der Waals surface area (Å²) in [5, 5.41) is 3.13. The van der Waals surface area contributed by atoms with Gasteiger partial charge >= 0.3 is 0 Å². The molecule has 7 aromatic heterocycles. The van der Waals surface area contributed by atoms with E-state index in [2.05, 4.69) is 0 Å². The normalized spacial score (nSPS) is 12.6. The molecule has 0 spiro atoms. The van der Waals surface area contributed by atoms with Crippen molar-refractivity contribution in [1.29, 1.82) is 0 Å². The number of rotatable bonds is 10. The molecule has 11 heteroatoms. The van der Waals surface area contributed by atoms with E-state index >= 15 is 0 Å². The summed E-state index contributed by atoms with van der Waals surface area (Å²) in [6.45, 7) is 0. The van der Waals surface area contributed by atoms with Gasteiger partial charge in [0.1, 0.15) is 30.4 Å². The first-order valence-electron chi connectivity index (χ1n) is 17.1. The van der Waals surface area contributed by atoms with E-state index in [0.717, 1.165) is 52.1 Å². The van der Waals surface area contributed by atoms with Crippen molar-refractivity contribution in [2.45, 2.75) is 25.7 Å². The van der Waals surface area contributed by atoms with Crippen LogP contribution in [0.5, 0.6) is 0 Å². The minimum Gasteiger partial charge on any atom is -0.295 e. The Hall–Kier alpha value is -5.88. The number of hydrogen-bond acceptors (Lipinski definition) is 9. The average Bonchev–Trinajstić information content (AvgIpc) is 4.00. The molecule has 0 N–H and O–H groups in total. The van der Waals surface area contributed by atoms with Gasteiger partial charge in [0.05, 0.1) is 11.0 Å². The van der Waals surface area contributed by atoms with Gasteiger partial charge in [0.25, 0.3) is 11.1 Å². The molecule has 0 radical (unpaired) electrons. The number of aromatic nitrogens is 4. The monoisotopic (exact) mass is 746 g/mol. The second-order valence-corrected chi connectivity index (χ2v) is 16.3. The van der Waals surface area contributed by atoms with Crippen LogP contribution in [0.3, 0.4) is 0 Å². The number of benzene rings is 3. The van der Waals surface area contributed by atoms with E-state index in [0.29, 0.717) is 57.4 Å². The zero-order valence-electron chi connectivity index (χ0n) is 27.9. The van der Waals surface area contributed by atoms with Gasteiger partial charge in [-0.2, -0.15) is 0 Å². The number of pyridine rings is 2. The van der Waals surface area contributed by atoms with Crippen LogP contribution in [0, 0.1) is 0 Å². The molecule has 0 saturated carbocycles. The third-order valence-electron chi connectivity index (χ3n) is 9.71. The standard InChI is InChI=1S/C42H26N4O4S3/c47-25(13-11-23-7-3-1-4-8-23)15-17-27-21-31-39(51-27)43-37-29-19-20-30-34-33(29)35(41(49)45(31)37)53-36(34)42(50)46-32-22-28(52-40(32)44-38(30)46)18-16-26(48)14-12-24-9-5-2-6-10-24/h1-14,19-22H,15-18H2/b13-11+,14-12+. The molecule has 53 heavy (non-hydrogen) atoms. The first-order valence-corrected chi connectivity index (χ1v) is 19.6. The number of carbonyl (C=O) groups excluding carboxylic acids is 2. The van der Waals surface area contributed by atoms with Crippen molar-refractivity contribution in [3.8, 4) is 0 Å². The van der Waals surface area contributed by atoms with Crippen molar-refractivity contribution < 1.29 is 9.59 Å². The summed E-state index contributed by atoms with van der Waals surface area (Å²) in [4.78, 5) is 67.0. The molecule has 0 bridgehead atoms. The smallest absolute Gasteiger partial charge is 0.274 e. The Kier molecular flexibility index (Phi) is 7.43. The Morgan fingerprint density at radius 2 is 1.02 bits per heavy atom. The third kappa shape index (κ3) is 5.22. The highest BCUT2D eigenvalue weighted by atomic mass is 32.1. The van der Waals surface area contributed by atoms with Gasteiger partial charge in [-0.15, -0.1) is 34.0 Å². The Labute approximate surface area is 311 Å². The number of hydrogen-bond donors (Lipinski definition) is 0. The number of ketones is 2. The maximum atomic E-state index is 14.2. The number of aryl methyl sites for hydroxylation is 2. The van der Waals surface area contributed by atoms with Gasteiger partial charge < -0.3 is 0 Å². The summed E-state index contributed by atoms with van der Waals surface area (Å²) in [6, 6.07) is 27.3. The van der Waals surface area contributed by atoms with Gasteiger partial charge in [-0.3, -0.25) is 28.0 Å². The number of fused-ring (bicyclic) bond motifs is 8. The van der Waals surface area contributed by atoms with E-state index in [1.54, 1.807) is 21.0 Å². The molecule has 10 rings (SSSR count). The Bertz CT molecular complexity index is 3040. The van der Waals surface area contributed by atoms with E-state index in [1.165, 1.54) is 34.0 Å². The first-order chi connectivity index (χ1) is 25.9. The molecule has 0 fully saturated rings. The molecule has 256 valence electrons. The minimum atomic E-state index is -0.207. The fourth-order valence-electron chi connectivity index (χ4n) is 7.18. The van der Waals surface area contributed by atoms with Gasteiger partial charge in [0.2, 0.25) is 0 Å². The van der Waals surface area contributed by atoms with E-state index in [4.69, 9.17) is 9.97 Å². The highest BCUT2D eigenvalue weighted by molar-refractivity contribution is 7.26. The minimum absolute atomic E-state index is 0.0343. The first kappa shape index (κ1) is 31.8. The maximum Gasteiger partial charge on any atom is 0.274 e. The van der Waals surface area contributed by atoms with Crippen molar-refractivity contribution in [2.24, 2.45) is 0 Å². The summed E-state index contributed by atoms with van der Waals surface area (Å²) in [6.07, 6.45) is 8.69. The van der Waals surface area contributed by atoms with Gasteiger partial charge in [-0.05, 0) is 60.4 Å². The van der Waals surface area contributed by atoms with Crippen molar-refractivity contribution in [2.75, 3.05) is 0 Å². The fourth-order valence-corrected chi connectivity index (χ4v) is 10.4. The molecule has 0 aliphatic heterocycles. The van der Waals surface area contributed by atoms with Crippen molar-refractivity contribution in [3.63, 3.8) is 0 Å². The number of carbonyl (C=O) groups is 2. The average molecular weight is 747 g/mol. The summed E-state index contributed by atoms with van der Waals surface area (Å²) < 4.78 is 4.33. The zero-order chi connectivity index (χ0) is 35.8. The summed E-state index contributed by atoms with van der Waals surface area (Å²) in [7, 11) is 0. The molecule has 0 atom stereocenters. The predicted octanol–water partition coefficient (Wildman–Crippen LogP) is 8.96. The molecular weight excluding hydrogens is 721 g/mol. The second kappa shape index (κ2) is 12.4. The lowest BCUT2D eigenvalue weighted by Crippen LogP contribution is -2.12. The van der Waals surface area contributed by atoms with Crippen LogP contribution in [0.4, 0.5) is 0 Å². The van der Waals surface area contributed by atoms with E-state index in [1.807, 2.05) is 97.1 Å². The molecule has 0 aliphatic carbocycles. The van der Waals surface area contributed by atoms with Crippen LogP contribution in [0.15, 0.2) is 107 Å². The van der Waals surface area contributed by atoms with Crippen LogP contribution in [0.2, 0.25) is 0 Å². The molecule has 0 aliphatic rings. The van der Waals surface area contributed by atoms with Crippen molar-refractivity contribution in [3.05, 3.63) is 139 Å². The van der Waals surface area contributed by atoms with Crippen LogP contribution in [0.25, 0.3) is 75.1 Å². The number of imidazole rings is 2. The Morgan fingerprint density at radius 3 is 1.45 bits per heavy atom. The van der Waals surface area contributed by atoms with Crippen molar-refractivity contribution in [1.82, 2.24) is 18.8 Å². The topological polar surface area (TPSA) is 103 Å². The molecule has 10 aromatic rings. The van der Waals surface area contributed by atoms with E-state index in [9.17, 15) is 19.2 Å². The fraction of sp³-hybridized carbons (Fsp3) is 0.0952. The summed E-state index contributed by atoms with van der Waals surface area (Å²) in [5.74, 6) is 0.0686. The van der Waals surface area contributed by atoms with Crippen LogP contribution >= 0.6 is 34.0 Å². The number of allylic oxidation sites excluding steroid dienone is 2. The molecule has 3 aromatic carbocycles. The van der Waals surface area contributed by atoms with Crippen LogP contribution in [-0.2, 0) is 22.4 Å². The number of nitrogens with zero attached hydrogens (tertiary/aromatic N) is 4.